The molecule has 0 spiro atoms. The summed E-state index contributed by atoms with van der Waals surface area (Å²) in [4.78, 5) is 0. The van der Waals surface area contributed by atoms with Crippen LogP contribution in [-0.4, -0.2) is 26.4 Å². The first-order chi connectivity index (χ1) is 8.63. The number of rotatable bonds is 8. The number of hydrogen-bond donors (Lipinski definition) is 1. The van der Waals surface area contributed by atoms with E-state index in [1.807, 2.05) is 32.0 Å². The molecule has 0 bridgehead atoms. The number of halogens is 1. The summed E-state index contributed by atoms with van der Waals surface area (Å²) in [5, 5.41) is 4.01. The van der Waals surface area contributed by atoms with E-state index in [4.69, 9.17) is 21.1 Å². The Labute approximate surface area is 114 Å². The Morgan fingerprint density at radius 1 is 1.33 bits per heavy atom. The second-order valence-electron chi connectivity index (χ2n) is 4.45. The lowest BCUT2D eigenvalue weighted by molar-refractivity contribution is 0.194. The summed E-state index contributed by atoms with van der Waals surface area (Å²) in [6, 6.07) is 5.91. The van der Waals surface area contributed by atoms with E-state index in [2.05, 4.69) is 5.32 Å². The van der Waals surface area contributed by atoms with Crippen LogP contribution in [-0.2, 0) is 11.3 Å². The molecule has 0 saturated carbocycles. The summed E-state index contributed by atoms with van der Waals surface area (Å²) in [6.45, 7) is 6.51. The normalized spacial score (nSPS) is 10.9. The van der Waals surface area contributed by atoms with E-state index >= 15 is 0 Å². The van der Waals surface area contributed by atoms with Gasteiger partial charge in [-0.1, -0.05) is 17.7 Å². The molecule has 0 fully saturated rings. The molecular formula is C14H22ClNO2. The van der Waals surface area contributed by atoms with E-state index in [9.17, 15) is 0 Å². The minimum absolute atomic E-state index is 0.139. The quantitative estimate of drug-likeness (QED) is 0.736. The molecular weight excluding hydrogens is 250 g/mol. The van der Waals surface area contributed by atoms with E-state index < -0.39 is 0 Å². The Morgan fingerprint density at radius 3 is 2.72 bits per heavy atom. The molecule has 102 valence electrons. The third-order valence-electron chi connectivity index (χ3n) is 2.39. The van der Waals surface area contributed by atoms with Gasteiger partial charge in [0.1, 0.15) is 5.75 Å². The number of nitrogens with one attached hydrogen (secondary N) is 1. The van der Waals surface area contributed by atoms with E-state index in [-0.39, 0.29) is 6.10 Å². The third-order valence-corrected chi connectivity index (χ3v) is 2.69. The fraction of sp³-hybridized carbons (Fsp3) is 0.571. The predicted molar refractivity (Wildman–Crippen MR) is 75.4 cm³/mol. The molecule has 0 amide bonds. The Hall–Kier alpha value is -0.770. The van der Waals surface area contributed by atoms with Crippen LogP contribution in [0.25, 0.3) is 0 Å². The minimum Gasteiger partial charge on any atom is -0.489 e. The van der Waals surface area contributed by atoms with Crippen LogP contribution >= 0.6 is 11.6 Å². The van der Waals surface area contributed by atoms with E-state index in [1.54, 1.807) is 7.11 Å². The summed E-state index contributed by atoms with van der Waals surface area (Å²) in [5.74, 6) is 0.745. The molecule has 0 aliphatic carbocycles. The van der Waals surface area contributed by atoms with Crippen LogP contribution in [0.1, 0.15) is 25.8 Å². The van der Waals surface area contributed by atoms with Crippen LogP contribution in [0.3, 0.4) is 0 Å². The highest BCUT2D eigenvalue weighted by Crippen LogP contribution is 2.26. The van der Waals surface area contributed by atoms with Gasteiger partial charge in [0.2, 0.25) is 0 Å². The molecule has 0 atom stereocenters. The molecule has 0 aliphatic heterocycles. The summed E-state index contributed by atoms with van der Waals surface area (Å²) >= 11 is 6.16. The van der Waals surface area contributed by atoms with Gasteiger partial charge in [-0.15, -0.1) is 0 Å². The summed E-state index contributed by atoms with van der Waals surface area (Å²) in [5.41, 5.74) is 1.16. The maximum absolute atomic E-state index is 6.16. The van der Waals surface area contributed by atoms with Crippen molar-refractivity contribution in [3.05, 3.63) is 28.8 Å². The molecule has 4 heteroatoms. The van der Waals surface area contributed by atoms with Gasteiger partial charge in [-0.3, -0.25) is 0 Å². The third kappa shape index (κ3) is 5.71. The van der Waals surface area contributed by atoms with Crippen molar-refractivity contribution in [3.8, 4) is 5.75 Å². The lowest BCUT2D eigenvalue weighted by Crippen LogP contribution is -2.16. The maximum atomic E-state index is 6.16. The number of ether oxygens (including phenoxy) is 2. The second-order valence-corrected chi connectivity index (χ2v) is 4.86. The highest BCUT2D eigenvalue weighted by molar-refractivity contribution is 6.32. The Kier molecular flexibility index (Phi) is 7.09. The van der Waals surface area contributed by atoms with Gasteiger partial charge in [0.05, 0.1) is 11.1 Å². The smallest absolute Gasteiger partial charge is 0.138 e. The van der Waals surface area contributed by atoms with Gasteiger partial charge in [-0.05, 0) is 44.5 Å². The molecule has 0 aliphatic rings. The first kappa shape index (κ1) is 15.3. The molecule has 0 unspecified atom stereocenters. The van der Waals surface area contributed by atoms with E-state index in [0.717, 1.165) is 37.4 Å². The topological polar surface area (TPSA) is 30.5 Å². The van der Waals surface area contributed by atoms with Crippen LogP contribution in [0.2, 0.25) is 5.02 Å². The lowest BCUT2D eigenvalue weighted by Gasteiger charge is -2.12. The second kappa shape index (κ2) is 8.35. The Bertz CT molecular complexity index is 356. The zero-order valence-electron chi connectivity index (χ0n) is 11.3. The standard InChI is InChI=1S/C14H22ClNO2/c1-11(2)18-14-6-5-12(9-13(14)15)10-16-7-4-8-17-3/h5-6,9,11,16H,4,7-8,10H2,1-3H3. The predicted octanol–water partition coefficient (Wildman–Crippen LogP) is 3.25. The van der Waals surface area contributed by atoms with Crippen LogP contribution in [0.5, 0.6) is 5.75 Å². The average molecular weight is 272 g/mol. The van der Waals surface area contributed by atoms with Gasteiger partial charge >= 0.3 is 0 Å². The monoisotopic (exact) mass is 271 g/mol. The molecule has 0 aromatic heterocycles. The van der Waals surface area contributed by atoms with Gasteiger partial charge < -0.3 is 14.8 Å². The molecule has 18 heavy (non-hydrogen) atoms. The van der Waals surface area contributed by atoms with Crippen LogP contribution in [0, 0.1) is 0 Å². The highest BCUT2D eigenvalue weighted by Gasteiger charge is 2.04. The van der Waals surface area contributed by atoms with Crippen molar-refractivity contribution in [3.63, 3.8) is 0 Å². The molecule has 1 rings (SSSR count). The van der Waals surface area contributed by atoms with Gasteiger partial charge in [0.25, 0.3) is 0 Å². The molecule has 3 nitrogen and oxygen atoms in total. The van der Waals surface area contributed by atoms with Crippen LogP contribution in [0.15, 0.2) is 18.2 Å². The van der Waals surface area contributed by atoms with Crippen molar-refractivity contribution in [2.45, 2.75) is 32.9 Å². The molecule has 0 saturated heterocycles. The van der Waals surface area contributed by atoms with Crippen molar-refractivity contribution in [2.75, 3.05) is 20.3 Å². The molecule has 1 N–H and O–H groups in total. The summed E-state index contributed by atoms with van der Waals surface area (Å²) in [7, 11) is 1.72. The number of methoxy groups -OCH3 is 1. The number of hydrogen-bond acceptors (Lipinski definition) is 3. The fourth-order valence-corrected chi connectivity index (χ4v) is 1.83. The highest BCUT2D eigenvalue weighted by atomic mass is 35.5. The van der Waals surface area contributed by atoms with E-state index in [1.165, 1.54) is 0 Å². The van der Waals surface area contributed by atoms with E-state index in [0.29, 0.717) is 5.02 Å². The van der Waals surface area contributed by atoms with Crippen molar-refractivity contribution in [1.82, 2.24) is 5.32 Å². The van der Waals surface area contributed by atoms with Crippen LogP contribution < -0.4 is 10.1 Å². The molecule has 0 radical (unpaired) electrons. The summed E-state index contributed by atoms with van der Waals surface area (Å²) < 4.78 is 10.6. The average Bonchev–Trinajstić information content (AvgIpc) is 2.32. The zero-order chi connectivity index (χ0) is 13.4. The van der Waals surface area contributed by atoms with Crippen molar-refractivity contribution in [2.24, 2.45) is 0 Å². The minimum atomic E-state index is 0.139. The molecule has 1 aromatic carbocycles. The van der Waals surface area contributed by atoms with Crippen molar-refractivity contribution < 1.29 is 9.47 Å². The first-order valence-corrected chi connectivity index (χ1v) is 6.66. The Morgan fingerprint density at radius 2 is 2.11 bits per heavy atom. The Balaban J connectivity index is 2.41. The largest absolute Gasteiger partial charge is 0.489 e. The first-order valence-electron chi connectivity index (χ1n) is 6.28. The SMILES string of the molecule is COCCCNCc1ccc(OC(C)C)c(Cl)c1. The lowest BCUT2D eigenvalue weighted by atomic mass is 10.2. The molecule has 0 heterocycles. The summed E-state index contributed by atoms with van der Waals surface area (Å²) in [6.07, 6.45) is 1.15. The van der Waals surface area contributed by atoms with Crippen LogP contribution in [0.4, 0.5) is 0 Å². The van der Waals surface area contributed by atoms with Gasteiger partial charge in [0, 0.05) is 20.3 Å². The van der Waals surface area contributed by atoms with Gasteiger partial charge in [-0.25, -0.2) is 0 Å². The number of benzene rings is 1. The van der Waals surface area contributed by atoms with Crippen molar-refractivity contribution in [1.29, 1.82) is 0 Å². The zero-order valence-corrected chi connectivity index (χ0v) is 12.1. The molecule has 1 aromatic rings. The van der Waals surface area contributed by atoms with Gasteiger partial charge in [-0.2, -0.15) is 0 Å². The maximum Gasteiger partial charge on any atom is 0.138 e. The fourth-order valence-electron chi connectivity index (χ4n) is 1.58. The van der Waals surface area contributed by atoms with Crippen molar-refractivity contribution >= 4 is 11.6 Å². The van der Waals surface area contributed by atoms with Gasteiger partial charge in [0.15, 0.2) is 0 Å².